The monoisotopic (exact) mass is 416 g/mol. The average molecular weight is 416 g/mol. The highest BCUT2D eigenvalue weighted by molar-refractivity contribution is 6.12. The van der Waals surface area contributed by atoms with Gasteiger partial charge in [-0.25, -0.2) is 0 Å². The molecule has 4 rings (SSSR count). The second-order valence-corrected chi connectivity index (χ2v) is 12.1. The van der Waals surface area contributed by atoms with Crippen LogP contribution < -0.4 is 0 Å². The first-order valence-electron chi connectivity index (χ1n) is 13.1. The van der Waals surface area contributed by atoms with Crippen molar-refractivity contribution in [3.63, 3.8) is 0 Å². The molecule has 10 atom stereocenters. The fourth-order valence-corrected chi connectivity index (χ4v) is 9.46. The van der Waals surface area contributed by atoms with Crippen molar-refractivity contribution in [2.24, 2.45) is 46.3 Å². The summed E-state index contributed by atoms with van der Waals surface area (Å²) in [6, 6.07) is 0. The number of hydrogen-bond acceptors (Lipinski definition) is 3. The number of aliphatic hydroxyl groups excluding tert-OH is 1. The molecule has 0 aromatic heterocycles. The quantitative estimate of drug-likeness (QED) is 0.506. The first-order chi connectivity index (χ1) is 14.2. The van der Waals surface area contributed by atoms with E-state index in [0.717, 1.165) is 36.5 Å². The normalized spacial score (nSPS) is 48.9. The van der Waals surface area contributed by atoms with Gasteiger partial charge < -0.3 is 9.84 Å². The zero-order chi connectivity index (χ0) is 21.7. The maximum atomic E-state index is 11.9. The molecule has 0 bridgehead atoms. The summed E-state index contributed by atoms with van der Waals surface area (Å²) in [4.78, 5) is 11.9. The van der Waals surface area contributed by atoms with Crippen LogP contribution in [0.15, 0.2) is 0 Å². The molecule has 1 N–H and O–H groups in total. The molecule has 0 aromatic carbocycles. The molecule has 4 saturated carbocycles. The molecule has 0 aromatic rings. The van der Waals surface area contributed by atoms with E-state index in [9.17, 15) is 9.90 Å². The highest BCUT2D eigenvalue weighted by Gasteiger charge is 2.61. The number of hydrogen-bond donors (Lipinski definition) is 1. The predicted molar refractivity (Wildman–Crippen MR) is 124 cm³/mol. The van der Waals surface area contributed by atoms with E-state index in [1.165, 1.54) is 44.9 Å². The Balaban J connectivity index is 1.47. The Morgan fingerprint density at radius 2 is 1.70 bits per heavy atom. The van der Waals surface area contributed by atoms with Crippen LogP contribution in [-0.4, -0.2) is 31.6 Å². The Bertz CT molecular complexity index is 638. The van der Waals surface area contributed by atoms with E-state index in [-0.39, 0.29) is 12.1 Å². The number of fused-ring (bicyclic) bond motifs is 5. The van der Waals surface area contributed by atoms with E-state index in [1.54, 1.807) is 0 Å². The molecule has 170 valence electrons. The van der Waals surface area contributed by atoms with Crippen molar-refractivity contribution in [3.05, 3.63) is 0 Å². The number of aliphatic hydroxyl groups is 1. The van der Waals surface area contributed by atoms with Gasteiger partial charge in [0, 0.05) is 12.5 Å². The summed E-state index contributed by atoms with van der Waals surface area (Å²) in [5.41, 5.74) is 0.898. The zero-order valence-corrected chi connectivity index (χ0v) is 20.2. The minimum atomic E-state index is -0.0791. The lowest BCUT2D eigenvalue weighted by atomic mass is 9.41. The molecule has 0 amide bonds. The molecule has 4 heteroatoms. The minimum Gasteiger partial charge on any atom is -0.466 e. The average Bonchev–Trinajstić information content (AvgIpc) is 3.07. The largest absolute Gasteiger partial charge is 0.466 e. The van der Waals surface area contributed by atoms with Crippen LogP contribution in [-0.2, 0) is 9.53 Å². The number of ether oxygens (including phenoxy) is 1. The molecule has 3 nitrogen and oxygen atoms in total. The van der Waals surface area contributed by atoms with Gasteiger partial charge >= 0.3 is 5.97 Å². The van der Waals surface area contributed by atoms with Crippen LogP contribution >= 0.6 is 0 Å². The third-order valence-electron chi connectivity index (χ3n) is 11.0. The molecule has 0 spiro atoms. The van der Waals surface area contributed by atoms with Crippen molar-refractivity contribution < 1.29 is 14.6 Å². The van der Waals surface area contributed by atoms with Crippen molar-refractivity contribution >= 4 is 13.8 Å². The van der Waals surface area contributed by atoms with Gasteiger partial charge in [0.15, 0.2) is 0 Å². The van der Waals surface area contributed by atoms with E-state index in [0.29, 0.717) is 41.5 Å². The molecular weight excluding hydrogens is 371 g/mol. The number of esters is 1. The van der Waals surface area contributed by atoms with Crippen LogP contribution in [0.1, 0.15) is 91.9 Å². The summed E-state index contributed by atoms with van der Waals surface area (Å²) in [5.74, 6) is 5.14. The molecule has 4 fully saturated rings. The second kappa shape index (κ2) is 8.45. The van der Waals surface area contributed by atoms with Crippen LogP contribution in [0.4, 0.5) is 0 Å². The van der Waals surface area contributed by atoms with Gasteiger partial charge in [0.2, 0.25) is 0 Å². The number of rotatable bonds is 5. The maximum Gasteiger partial charge on any atom is 0.305 e. The first-order valence-corrected chi connectivity index (χ1v) is 13.1. The SMILES string of the molecule is B[C@@H]1C(O)CC[C@]2(C)C3CC[C@@]4(C)C(CC[C@@H]4[C@H](C)CCC(=O)OCC)C3CC[C@H]12. The van der Waals surface area contributed by atoms with Crippen LogP contribution in [0.3, 0.4) is 0 Å². The molecule has 4 aliphatic carbocycles. The van der Waals surface area contributed by atoms with E-state index in [1.807, 2.05) is 6.92 Å². The second-order valence-electron chi connectivity index (χ2n) is 12.1. The Morgan fingerprint density at radius 3 is 2.43 bits per heavy atom. The molecule has 4 unspecified atom stereocenters. The fourth-order valence-electron chi connectivity index (χ4n) is 9.46. The summed E-state index contributed by atoms with van der Waals surface area (Å²) < 4.78 is 5.18. The fraction of sp³-hybridized carbons (Fsp3) is 0.962. The van der Waals surface area contributed by atoms with Gasteiger partial charge in [0.05, 0.1) is 6.61 Å². The van der Waals surface area contributed by atoms with Crippen molar-refractivity contribution in [1.82, 2.24) is 0 Å². The van der Waals surface area contributed by atoms with Gasteiger partial charge in [-0.1, -0.05) is 20.8 Å². The van der Waals surface area contributed by atoms with Gasteiger partial charge in [-0.05, 0) is 117 Å². The number of carbonyl (C=O) groups is 1. The lowest BCUT2D eigenvalue weighted by Gasteiger charge is -2.62. The topological polar surface area (TPSA) is 46.5 Å². The molecule has 0 radical (unpaired) electrons. The van der Waals surface area contributed by atoms with Gasteiger partial charge in [0.1, 0.15) is 7.85 Å². The third kappa shape index (κ3) is 3.57. The van der Waals surface area contributed by atoms with E-state index in [4.69, 9.17) is 4.74 Å². The summed E-state index contributed by atoms with van der Waals surface area (Å²) in [6.07, 6.45) is 11.9. The molecule has 0 heterocycles. The van der Waals surface area contributed by atoms with Gasteiger partial charge in [0.25, 0.3) is 0 Å². The van der Waals surface area contributed by atoms with E-state index in [2.05, 4.69) is 28.6 Å². The van der Waals surface area contributed by atoms with E-state index < -0.39 is 0 Å². The highest BCUT2D eigenvalue weighted by atomic mass is 16.5. The highest BCUT2D eigenvalue weighted by Crippen LogP contribution is 2.69. The van der Waals surface area contributed by atoms with E-state index >= 15 is 0 Å². The maximum absolute atomic E-state index is 11.9. The van der Waals surface area contributed by atoms with Crippen molar-refractivity contribution in [2.75, 3.05) is 6.61 Å². The Hall–Kier alpha value is -0.505. The Morgan fingerprint density at radius 1 is 1.03 bits per heavy atom. The Labute approximate surface area is 185 Å². The van der Waals surface area contributed by atoms with Crippen LogP contribution in [0.2, 0.25) is 5.82 Å². The smallest absolute Gasteiger partial charge is 0.305 e. The molecule has 30 heavy (non-hydrogen) atoms. The van der Waals surface area contributed by atoms with Crippen LogP contribution in [0.5, 0.6) is 0 Å². The van der Waals surface area contributed by atoms with Gasteiger partial charge in [-0.2, -0.15) is 0 Å². The summed E-state index contributed by atoms with van der Waals surface area (Å²) in [5, 5.41) is 10.5. The summed E-state index contributed by atoms with van der Waals surface area (Å²) in [7, 11) is 2.32. The molecular formula is C26H45BO3. The summed E-state index contributed by atoms with van der Waals surface area (Å²) >= 11 is 0. The van der Waals surface area contributed by atoms with Crippen molar-refractivity contribution in [3.8, 4) is 0 Å². The minimum absolute atomic E-state index is 0.0207. The standard InChI is InChI=1S/C26H45BO3/c1-5-30-23(29)11-6-16(2)18-9-10-19-17-7-8-21-24(27)22(28)13-15-26(21,4)20(17)12-14-25(18,19)3/h16-22,24,28H,5-15,27H2,1-4H3/t16-,17?,18-,19?,20?,21-,22?,24+,25-,26-/m1/s1. The van der Waals surface area contributed by atoms with Crippen molar-refractivity contribution in [2.45, 2.75) is 104 Å². The van der Waals surface area contributed by atoms with Crippen LogP contribution in [0.25, 0.3) is 0 Å². The predicted octanol–water partition coefficient (Wildman–Crippen LogP) is 5.02. The van der Waals surface area contributed by atoms with Crippen molar-refractivity contribution in [1.29, 1.82) is 0 Å². The Kier molecular flexibility index (Phi) is 6.39. The first kappa shape index (κ1) is 22.7. The molecule has 0 aliphatic heterocycles. The summed E-state index contributed by atoms with van der Waals surface area (Å²) in [6.45, 7) is 9.98. The lowest BCUT2D eigenvalue weighted by Crippen LogP contribution is -2.55. The zero-order valence-electron chi connectivity index (χ0n) is 20.2. The van der Waals surface area contributed by atoms with Crippen LogP contribution in [0, 0.1) is 46.3 Å². The number of carbonyl (C=O) groups excluding carboxylic acids is 1. The van der Waals surface area contributed by atoms with Gasteiger partial charge in [-0.3, -0.25) is 4.79 Å². The van der Waals surface area contributed by atoms with Gasteiger partial charge in [-0.15, -0.1) is 0 Å². The molecule has 0 saturated heterocycles. The third-order valence-corrected chi connectivity index (χ3v) is 11.0. The lowest BCUT2D eigenvalue weighted by molar-refractivity contribution is -0.144. The molecule has 4 aliphatic rings.